The van der Waals surface area contributed by atoms with Crippen LogP contribution in [-0.4, -0.2) is 46.3 Å². The van der Waals surface area contributed by atoms with Crippen LogP contribution in [-0.2, 0) is 4.74 Å². The zero-order chi connectivity index (χ0) is 18.8. The SMILES string of the molecule is C#CCOC1CCC(N2CCC(n3c(=O)[nH]c4ccc(C)cc43)CC2)CC1. The molecule has 1 aromatic heterocycles. The first kappa shape index (κ1) is 18.3. The van der Waals surface area contributed by atoms with Gasteiger partial charge in [-0.15, -0.1) is 6.42 Å². The van der Waals surface area contributed by atoms with Crippen LogP contribution in [0.1, 0.15) is 50.1 Å². The molecule has 1 aliphatic heterocycles. The van der Waals surface area contributed by atoms with Crippen LogP contribution in [0, 0.1) is 19.3 Å². The van der Waals surface area contributed by atoms with Crippen LogP contribution >= 0.6 is 0 Å². The molecule has 1 saturated carbocycles. The van der Waals surface area contributed by atoms with E-state index in [0.29, 0.717) is 24.8 Å². The van der Waals surface area contributed by atoms with Gasteiger partial charge in [0.1, 0.15) is 6.61 Å². The molecule has 1 N–H and O–H groups in total. The maximum atomic E-state index is 12.5. The van der Waals surface area contributed by atoms with Crippen LogP contribution in [0.5, 0.6) is 0 Å². The van der Waals surface area contributed by atoms with Gasteiger partial charge in [-0.1, -0.05) is 12.0 Å². The summed E-state index contributed by atoms with van der Waals surface area (Å²) in [6.45, 7) is 4.64. The number of hydrogen-bond acceptors (Lipinski definition) is 3. The number of fused-ring (bicyclic) bond motifs is 1. The molecule has 4 rings (SSSR count). The highest BCUT2D eigenvalue weighted by atomic mass is 16.5. The van der Waals surface area contributed by atoms with Gasteiger partial charge in [0, 0.05) is 25.2 Å². The van der Waals surface area contributed by atoms with Gasteiger partial charge in [0.25, 0.3) is 0 Å². The van der Waals surface area contributed by atoms with Gasteiger partial charge >= 0.3 is 5.69 Å². The molecule has 144 valence electrons. The number of terminal acetylenes is 1. The molecule has 0 spiro atoms. The number of H-pyrrole nitrogens is 1. The van der Waals surface area contributed by atoms with Crippen molar-refractivity contribution >= 4 is 11.0 Å². The quantitative estimate of drug-likeness (QED) is 0.844. The predicted octanol–water partition coefficient (Wildman–Crippen LogP) is 3.24. The van der Waals surface area contributed by atoms with Gasteiger partial charge in [-0.25, -0.2) is 4.79 Å². The number of aromatic amines is 1. The number of piperidine rings is 1. The van der Waals surface area contributed by atoms with E-state index in [2.05, 4.69) is 34.9 Å². The number of likely N-dealkylation sites (tertiary alicyclic amines) is 1. The summed E-state index contributed by atoms with van der Waals surface area (Å²) < 4.78 is 7.69. The first-order chi connectivity index (χ1) is 13.2. The molecule has 27 heavy (non-hydrogen) atoms. The molecule has 2 fully saturated rings. The molecule has 2 aromatic rings. The van der Waals surface area contributed by atoms with Crippen LogP contribution < -0.4 is 5.69 Å². The molecule has 0 radical (unpaired) electrons. The highest BCUT2D eigenvalue weighted by Crippen LogP contribution is 2.31. The van der Waals surface area contributed by atoms with Crippen LogP contribution in [0.25, 0.3) is 11.0 Å². The maximum Gasteiger partial charge on any atom is 0.326 e. The van der Waals surface area contributed by atoms with E-state index in [1.54, 1.807) is 0 Å². The van der Waals surface area contributed by atoms with Crippen molar-refractivity contribution < 1.29 is 4.74 Å². The van der Waals surface area contributed by atoms with E-state index in [0.717, 1.165) is 49.8 Å². The second-order valence-corrected chi connectivity index (χ2v) is 8.03. The fraction of sp³-hybridized carbons (Fsp3) is 0.591. The molecule has 0 unspecified atom stereocenters. The summed E-state index contributed by atoms with van der Waals surface area (Å²) in [4.78, 5) is 18.2. The van der Waals surface area contributed by atoms with Crippen molar-refractivity contribution in [2.75, 3.05) is 19.7 Å². The van der Waals surface area contributed by atoms with Crippen LogP contribution in [0.2, 0.25) is 0 Å². The average molecular weight is 367 g/mol. The Bertz CT molecular complexity index is 875. The molecule has 2 heterocycles. The fourth-order valence-corrected chi connectivity index (χ4v) is 4.85. The number of nitrogens with one attached hydrogen (secondary N) is 1. The second-order valence-electron chi connectivity index (χ2n) is 8.03. The molecular weight excluding hydrogens is 338 g/mol. The smallest absolute Gasteiger partial charge is 0.326 e. The molecule has 0 amide bonds. The minimum Gasteiger partial charge on any atom is -0.366 e. The van der Waals surface area contributed by atoms with Gasteiger partial charge in [0.05, 0.1) is 17.1 Å². The van der Waals surface area contributed by atoms with E-state index < -0.39 is 0 Å². The van der Waals surface area contributed by atoms with Crippen LogP contribution in [0.4, 0.5) is 0 Å². The van der Waals surface area contributed by atoms with E-state index in [1.807, 2.05) is 10.6 Å². The fourth-order valence-electron chi connectivity index (χ4n) is 4.85. The van der Waals surface area contributed by atoms with Crippen LogP contribution in [0.3, 0.4) is 0 Å². The number of imidazole rings is 1. The summed E-state index contributed by atoms with van der Waals surface area (Å²) in [6.07, 6.45) is 12.3. The van der Waals surface area contributed by atoms with Gasteiger partial charge in [0.2, 0.25) is 0 Å². The summed E-state index contributed by atoms with van der Waals surface area (Å²) >= 11 is 0. The van der Waals surface area contributed by atoms with Gasteiger partial charge in [-0.05, 0) is 63.1 Å². The maximum absolute atomic E-state index is 12.5. The predicted molar refractivity (Wildman–Crippen MR) is 108 cm³/mol. The largest absolute Gasteiger partial charge is 0.366 e. The highest BCUT2D eigenvalue weighted by molar-refractivity contribution is 5.76. The van der Waals surface area contributed by atoms with Gasteiger partial charge < -0.3 is 14.6 Å². The van der Waals surface area contributed by atoms with E-state index in [4.69, 9.17) is 11.2 Å². The topological polar surface area (TPSA) is 50.3 Å². The van der Waals surface area contributed by atoms with Crippen molar-refractivity contribution in [1.82, 2.24) is 14.5 Å². The number of nitrogens with zero attached hydrogens (tertiary/aromatic N) is 2. The molecular formula is C22H29N3O2. The third-order valence-corrected chi connectivity index (χ3v) is 6.30. The molecule has 0 bridgehead atoms. The Morgan fingerprint density at radius 1 is 1.15 bits per heavy atom. The van der Waals surface area contributed by atoms with Crippen molar-refractivity contribution in [2.45, 2.75) is 63.6 Å². The summed E-state index contributed by atoms with van der Waals surface area (Å²) in [5, 5.41) is 0. The van der Waals surface area contributed by atoms with Gasteiger partial charge in [-0.3, -0.25) is 4.57 Å². The average Bonchev–Trinajstić information content (AvgIpc) is 3.02. The Kier molecular flexibility index (Phi) is 5.38. The van der Waals surface area contributed by atoms with Crippen LogP contribution in [0.15, 0.2) is 23.0 Å². The lowest BCUT2D eigenvalue weighted by molar-refractivity contribution is 0.0166. The van der Waals surface area contributed by atoms with E-state index in [1.165, 1.54) is 18.4 Å². The first-order valence-corrected chi connectivity index (χ1v) is 10.2. The van der Waals surface area contributed by atoms with Gasteiger partial charge in [-0.2, -0.15) is 0 Å². The summed E-state index contributed by atoms with van der Waals surface area (Å²) in [7, 11) is 0. The van der Waals surface area contributed by atoms with Crippen molar-refractivity contribution in [1.29, 1.82) is 0 Å². The summed E-state index contributed by atoms with van der Waals surface area (Å²) in [5.41, 5.74) is 3.21. The normalized spacial score (nSPS) is 24.9. The summed E-state index contributed by atoms with van der Waals surface area (Å²) in [6, 6.07) is 7.13. The Hall–Kier alpha value is -2.03. The molecule has 0 atom stereocenters. The molecule has 2 aliphatic rings. The second kappa shape index (κ2) is 7.92. The van der Waals surface area contributed by atoms with Crippen molar-refractivity contribution in [2.24, 2.45) is 0 Å². The third kappa shape index (κ3) is 3.83. The van der Waals surface area contributed by atoms with Crippen molar-refractivity contribution in [3.05, 3.63) is 34.2 Å². The number of hydrogen-bond donors (Lipinski definition) is 1. The molecule has 1 aliphatic carbocycles. The monoisotopic (exact) mass is 367 g/mol. The zero-order valence-corrected chi connectivity index (χ0v) is 16.1. The lowest BCUT2D eigenvalue weighted by Gasteiger charge is -2.40. The highest BCUT2D eigenvalue weighted by Gasteiger charge is 2.30. The summed E-state index contributed by atoms with van der Waals surface area (Å²) in [5.74, 6) is 2.57. The Labute approximate surface area is 160 Å². The van der Waals surface area contributed by atoms with E-state index in [-0.39, 0.29) is 5.69 Å². The minimum atomic E-state index is 0.0280. The number of ether oxygens (including phenoxy) is 1. The number of aromatic nitrogens is 2. The Morgan fingerprint density at radius 3 is 2.59 bits per heavy atom. The lowest BCUT2D eigenvalue weighted by atomic mass is 9.90. The van der Waals surface area contributed by atoms with E-state index in [9.17, 15) is 4.79 Å². The Balaban J connectivity index is 1.38. The lowest BCUT2D eigenvalue weighted by Crippen LogP contribution is -2.45. The Morgan fingerprint density at radius 2 is 1.89 bits per heavy atom. The molecule has 5 heteroatoms. The van der Waals surface area contributed by atoms with Crippen molar-refractivity contribution in [3.63, 3.8) is 0 Å². The van der Waals surface area contributed by atoms with Gasteiger partial charge in [0.15, 0.2) is 0 Å². The van der Waals surface area contributed by atoms with Crippen molar-refractivity contribution in [3.8, 4) is 12.3 Å². The standard InChI is InChI=1S/C22H29N3O2/c1-3-14-27-19-7-5-17(6-8-19)24-12-10-18(11-13-24)25-21-15-16(2)4-9-20(21)23-22(25)26/h1,4,9,15,17-19H,5-8,10-14H2,2H3,(H,23,26). The zero-order valence-electron chi connectivity index (χ0n) is 16.1. The molecule has 1 saturated heterocycles. The van der Waals surface area contributed by atoms with E-state index >= 15 is 0 Å². The number of benzene rings is 1. The number of rotatable bonds is 4. The molecule has 1 aromatic carbocycles. The first-order valence-electron chi connectivity index (χ1n) is 10.2. The third-order valence-electron chi connectivity index (χ3n) is 6.30. The number of aryl methyl sites for hydroxylation is 1. The minimum absolute atomic E-state index is 0.0280. The molecule has 5 nitrogen and oxygen atoms in total.